The van der Waals surface area contributed by atoms with Crippen molar-refractivity contribution in [2.75, 3.05) is 26.2 Å². The minimum Gasteiger partial charge on any atom is -0.324 e. The topological polar surface area (TPSA) is 32.8 Å². The van der Waals surface area contributed by atoms with Crippen LogP contribution in [-0.2, 0) is 4.74 Å². The van der Waals surface area contributed by atoms with Gasteiger partial charge in [0.15, 0.2) is 0 Å². The lowest BCUT2D eigenvalue weighted by atomic mass is 10.2. The molecule has 4 nitrogen and oxygen atoms in total. The van der Waals surface area contributed by atoms with E-state index in [0.717, 1.165) is 19.5 Å². The zero-order valence-electron chi connectivity index (χ0n) is 9.23. The van der Waals surface area contributed by atoms with Crippen molar-refractivity contribution in [1.29, 1.82) is 0 Å². The van der Waals surface area contributed by atoms with Gasteiger partial charge in [0.25, 0.3) is 0 Å². The molecule has 0 saturated carbocycles. The van der Waals surface area contributed by atoms with Crippen LogP contribution in [0.25, 0.3) is 0 Å². The number of urea groups is 1. The summed E-state index contributed by atoms with van der Waals surface area (Å²) in [6.07, 6.45) is 0.528. The van der Waals surface area contributed by atoms with Crippen LogP contribution in [0.15, 0.2) is 0 Å². The van der Waals surface area contributed by atoms with E-state index in [0.29, 0.717) is 5.92 Å². The average molecular weight is 234 g/mol. The molecule has 1 atom stereocenters. The van der Waals surface area contributed by atoms with Gasteiger partial charge in [-0.05, 0) is 12.3 Å². The van der Waals surface area contributed by atoms with Crippen molar-refractivity contribution in [2.45, 2.75) is 26.1 Å². The summed E-state index contributed by atoms with van der Waals surface area (Å²) in [5.74, 6) is 0.540. The van der Waals surface area contributed by atoms with E-state index < -0.39 is 12.7 Å². The van der Waals surface area contributed by atoms with E-state index in [2.05, 4.69) is 11.7 Å². The van der Waals surface area contributed by atoms with E-state index in [9.17, 15) is 13.6 Å². The second kappa shape index (κ2) is 4.53. The number of rotatable bonds is 2. The molecule has 2 aliphatic heterocycles. The molecule has 2 fully saturated rings. The fourth-order valence-corrected chi connectivity index (χ4v) is 2.13. The van der Waals surface area contributed by atoms with Gasteiger partial charge in [0.1, 0.15) is 0 Å². The van der Waals surface area contributed by atoms with Crippen molar-refractivity contribution in [1.82, 2.24) is 9.80 Å². The Kier molecular flexibility index (Phi) is 3.28. The number of hydrogen-bond donors (Lipinski definition) is 0. The van der Waals surface area contributed by atoms with Crippen LogP contribution in [0.1, 0.15) is 13.3 Å². The Morgan fingerprint density at radius 1 is 1.31 bits per heavy atom. The highest BCUT2D eigenvalue weighted by Crippen LogP contribution is 2.21. The van der Waals surface area contributed by atoms with Crippen molar-refractivity contribution in [3.63, 3.8) is 0 Å². The smallest absolute Gasteiger partial charge is 0.324 e. The van der Waals surface area contributed by atoms with Gasteiger partial charge in [-0.1, -0.05) is 6.92 Å². The summed E-state index contributed by atoms with van der Waals surface area (Å²) in [5.41, 5.74) is 0. The molecule has 2 saturated heterocycles. The Labute approximate surface area is 93.1 Å². The quantitative estimate of drug-likeness (QED) is 0.723. The zero-order valence-corrected chi connectivity index (χ0v) is 9.23. The SMILES string of the molecule is CC1CCN(C(=O)N2CC(OC(F)F)C2)C1. The van der Waals surface area contributed by atoms with E-state index in [-0.39, 0.29) is 19.1 Å². The predicted molar refractivity (Wildman–Crippen MR) is 53.2 cm³/mol. The summed E-state index contributed by atoms with van der Waals surface area (Å²) < 4.78 is 28.0. The molecule has 6 heteroatoms. The first-order valence-corrected chi connectivity index (χ1v) is 5.53. The number of carbonyl (C=O) groups excluding carboxylic acids is 1. The van der Waals surface area contributed by atoms with Crippen LogP contribution in [0.3, 0.4) is 0 Å². The van der Waals surface area contributed by atoms with Crippen LogP contribution >= 0.6 is 0 Å². The highest BCUT2D eigenvalue weighted by molar-refractivity contribution is 5.75. The van der Waals surface area contributed by atoms with Crippen molar-refractivity contribution in [3.05, 3.63) is 0 Å². The van der Waals surface area contributed by atoms with Gasteiger partial charge in [-0.2, -0.15) is 8.78 Å². The van der Waals surface area contributed by atoms with Crippen molar-refractivity contribution in [3.8, 4) is 0 Å². The molecule has 0 radical (unpaired) electrons. The Balaban J connectivity index is 1.73. The normalized spacial score (nSPS) is 26.4. The molecule has 2 aliphatic rings. The van der Waals surface area contributed by atoms with E-state index in [4.69, 9.17) is 0 Å². The molecular formula is C10H16F2N2O2. The summed E-state index contributed by atoms with van der Waals surface area (Å²) in [7, 11) is 0. The number of halogens is 2. The Morgan fingerprint density at radius 2 is 2.00 bits per heavy atom. The maximum absolute atomic E-state index is 11.9. The molecule has 92 valence electrons. The van der Waals surface area contributed by atoms with Gasteiger partial charge in [-0.15, -0.1) is 0 Å². The summed E-state index contributed by atoms with van der Waals surface area (Å²) in [6, 6.07) is -0.0431. The molecule has 0 N–H and O–H groups in total. The monoisotopic (exact) mass is 234 g/mol. The Bertz CT molecular complexity index is 270. The maximum Gasteiger partial charge on any atom is 0.345 e. The fourth-order valence-electron chi connectivity index (χ4n) is 2.13. The predicted octanol–water partition coefficient (Wildman–Crippen LogP) is 1.37. The van der Waals surface area contributed by atoms with Crippen molar-refractivity contribution < 1.29 is 18.3 Å². The second-order valence-electron chi connectivity index (χ2n) is 4.55. The fraction of sp³-hybridized carbons (Fsp3) is 0.900. The lowest BCUT2D eigenvalue weighted by Gasteiger charge is -2.40. The first kappa shape index (κ1) is 11.6. The van der Waals surface area contributed by atoms with Crippen LogP contribution in [0.5, 0.6) is 0 Å². The van der Waals surface area contributed by atoms with Gasteiger partial charge in [0.05, 0.1) is 19.2 Å². The minimum atomic E-state index is -2.74. The molecule has 2 rings (SSSR count). The molecule has 0 aliphatic carbocycles. The Hall–Kier alpha value is -0.910. The lowest BCUT2D eigenvalue weighted by molar-refractivity contribution is -0.190. The highest BCUT2D eigenvalue weighted by Gasteiger charge is 2.36. The molecule has 0 aromatic heterocycles. The zero-order chi connectivity index (χ0) is 11.7. The molecule has 0 bridgehead atoms. The first-order valence-electron chi connectivity index (χ1n) is 5.53. The number of ether oxygens (including phenoxy) is 1. The van der Waals surface area contributed by atoms with Gasteiger partial charge in [-0.25, -0.2) is 4.79 Å². The molecule has 16 heavy (non-hydrogen) atoms. The van der Waals surface area contributed by atoms with Gasteiger partial charge < -0.3 is 14.5 Å². The summed E-state index contributed by atoms with van der Waals surface area (Å²) >= 11 is 0. The standard InChI is InChI=1S/C10H16F2N2O2/c1-7-2-3-13(4-7)10(15)14-5-8(6-14)16-9(11)12/h7-9H,2-6H2,1H3. The summed E-state index contributed by atoms with van der Waals surface area (Å²) in [6.45, 7) is 1.48. The Morgan fingerprint density at radius 3 is 2.50 bits per heavy atom. The third-order valence-corrected chi connectivity index (χ3v) is 3.11. The largest absolute Gasteiger partial charge is 0.345 e. The average Bonchev–Trinajstić information content (AvgIpc) is 2.56. The minimum absolute atomic E-state index is 0.0431. The number of hydrogen-bond acceptors (Lipinski definition) is 2. The van der Waals surface area contributed by atoms with Crippen LogP contribution in [0.2, 0.25) is 0 Å². The highest BCUT2D eigenvalue weighted by atomic mass is 19.3. The number of amides is 2. The molecule has 2 amide bonds. The van der Waals surface area contributed by atoms with Crippen LogP contribution in [0.4, 0.5) is 13.6 Å². The molecular weight excluding hydrogens is 218 g/mol. The van der Waals surface area contributed by atoms with Gasteiger partial charge in [0, 0.05) is 13.1 Å². The third-order valence-electron chi connectivity index (χ3n) is 3.11. The van der Waals surface area contributed by atoms with Gasteiger partial charge in [-0.3, -0.25) is 0 Å². The second-order valence-corrected chi connectivity index (χ2v) is 4.55. The maximum atomic E-state index is 11.9. The summed E-state index contributed by atoms with van der Waals surface area (Å²) in [4.78, 5) is 15.2. The number of alkyl halides is 2. The molecule has 2 heterocycles. The third kappa shape index (κ3) is 2.42. The van der Waals surface area contributed by atoms with Crippen molar-refractivity contribution in [2.24, 2.45) is 5.92 Å². The summed E-state index contributed by atoms with van der Waals surface area (Å²) in [5, 5.41) is 0. The van der Waals surface area contributed by atoms with Gasteiger partial charge in [0.2, 0.25) is 0 Å². The first-order chi connectivity index (χ1) is 7.56. The number of likely N-dealkylation sites (tertiary alicyclic amines) is 2. The molecule has 0 aromatic carbocycles. The van der Waals surface area contributed by atoms with E-state index in [1.54, 1.807) is 9.80 Å². The van der Waals surface area contributed by atoms with Crippen molar-refractivity contribution >= 4 is 6.03 Å². The lowest BCUT2D eigenvalue weighted by Crippen LogP contribution is -2.58. The van der Waals surface area contributed by atoms with Crippen LogP contribution in [0, 0.1) is 5.92 Å². The number of carbonyl (C=O) groups is 1. The molecule has 0 spiro atoms. The van der Waals surface area contributed by atoms with Crippen LogP contribution in [-0.4, -0.2) is 54.7 Å². The molecule has 1 unspecified atom stereocenters. The number of nitrogens with zero attached hydrogens (tertiary/aromatic N) is 2. The molecule has 0 aromatic rings. The van der Waals surface area contributed by atoms with E-state index in [1.165, 1.54) is 0 Å². The van der Waals surface area contributed by atoms with E-state index >= 15 is 0 Å². The van der Waals surface area contributed by atoms with Crippen LogP contribution < -0.4 is 0 Å². The van der Waals surface area contributed by atoms with Gasteiger partial charge >= 0.3 is 12.6 Å². The van der Waals surface area contributed by atoms with E-state index in [1.807, 2.05) is 0 Å².